The maximum Gasteiger partial charge on any atom is 0.159 e. The van der Waals surface area contributed by atoms with E-state index in [1.54, 1.807) is 23.7 Å². The van der Waals surface area contributed by atoms with E-state index in [0.717, 1.165) is 60.7 Å². The summed E-state index contributed by atoms with van der Waals surface area (Å²) in [5, 5.41) is 14.0. The van der Waals surface area contributed by atoms with E-state index in [2.05, 4.69) is 59.5 Å². The van der Waals surface area contributed by atoms with Crippen molar-refractivity contribution in [2.24, 2.45) is 5.92 Å². The molecule has 1 aliphatic rings. The molecule has 1 aliphatic carbocycles. The number of rotatable bonds is 6. The molecule has 0 bridgehead atoms. The van der Waals surface area contributed by atoms with E-state index in [1.807, 2.05) is 30.7 Å². The molecule has 7 rings (SSSR count). The molecule has 1 saturated carbocycles. The zero-order chi connectivity index (χ0) is 23.4. The molecule has 35 heavy (non-hydrogen) atoms. The van der Waals surface area contributed by atoms with Gasteiger partial charge in [-0.15, -0.1) is 11.3 Å². The van der Waals surface area contributed by atoms with Crippen LogP contribution in [0.25, 0.3) is 55.2 Å². The standard InChI is InChI=1S/C26H20N8S/c1-14(15-4-5-15)30-17-7-16(9-27-10-17)20-8-18-21(13-29-20)33-34-25(18)26-31-22-12-28-11-19(24(22)32-26)23-3-2-6-35-23/h2-3,6-13,15,30H,1,4-5H2,(H,31,32)(H,33,34). The summed E-state index contributed by atoms with van der Waals surface area (Å²) in [6.07, 6.45) is 11.5. The Hall–Kier alpha value is -4.37. The molecule has 170 valence electrons. The minimum atomic E-state index is 0.570. The van der Waals surface area contributed by atoms with Crippen LogP contribution in [-0.4, -0.2) is 35.1 Å². The molecule has 0 saturated heterocycles. The summed E-state index contributed by atoms with van der Waals surface area (Å²) < 4.78 is 0. The highest BCUT2D eigenvalue weighted by Gasteiger charge is 2.24. The average molecular weight is 477 g/mol. The molecule has 1 fully saturated rings. The van der Waals surface area contributed by atoms with E-state index >= 15 is 0 Å². The molecule has 6 aromatic heterocycles. The van der Waals surface area contributed by atoms with Crippen molar-refractivity contribution in [1.29, 1.82) is 0 Å². The summed E-state index contributed by atoms with van der Waals surface area (Å²) in [5.74, 6) is 1.25. The van der Waals surface area contributed by atoms with Crippen LogP contribution < -0.4 is 5.32 Å². The lowest BCUT2D eigenvalue weighted by atomic mass is 10.1. The third-order valence-corrected chi connectivity index (χ3v) is 7.16. The van der Waals surface area contributed by atoms with Gasteiger partial charge in [0.15, 0.2) is 5.82 Å². The highest BCUT2D eigenvalue weighted by Crippen LogP contribution is 2.36. The molecule has 6 aromatic rings. The van der Waals surface area contributed by atoms with Gasteiger partial charge in [0.2, 0.25) is 0 Å². The van der Waals surface area contributed by atoms with E-state index in [4.69, 9.17) is 4.98 Å². The van der Waals surface area contributed by atoms with Gasteiger partial charge in [0.05, 0.1) is 41.0 Å². The number of aromatic amines is 2. The van der Waals surface area contributed by atoms with Crippen LogP contribution in [-0.2, 0) is 0 Å². The number of hydrogen-bond acceptors (Lipinski definition) is 7. The smallest absolute Gasteiger partial charge is 0.159 e. The predicted molar refractivity (Wildman–Crippen MR) is 139 cm³/mol. The highest BCUT2D eigenvalue weighted by molar-refractivity contribution is 7.13. The van der Waals surface area contributed by atoms with Crippen LogP contribution in [0.3, 0.4) is 0 Å². The summed E-state index contributed by atoms with van der Waals surface area (Å²) >= 11 is 1.67. The quantitative estimate of drug-likeness (QED) is 0.271. The Kier molecular flexibility index (Phi) is 4.49. The van der Waals surface area contributed by atoms with Gasteiger partial charge in [0.1, 0.15) is 11.2 Å². The maximum atomic E-state index is 4.91. The van der Waals surface area contributed by atoms with Crippen molar-refractivity contribution in [1.82, 2.24) is 35.1 Å². The highest BCUT2D eigenvalue weighted by atomic mass is 32.1. The molecular formula is C26H20N8S. The van der Waals surface area contributed by atoms with E-state index in [-0.39, 0.29) is 0 Å². The molecule has 0 aliphatic heterocycles. The molecule has 0 aromatic carbocycles. The summed E-state index contributed by atoms with van der Waals surface area (Å²) in [6.45, 7) is 4.15. The maximum absolute atomic E-state index is 4.91. The Morgan fingerprint density at radius 1 is 1.06 bits per heavy atom. The van der Waals surface area contributed by atoms with Crippen molar-refractivity contribution in [2.45, 2.75) is 12.8 Å². The number of fused-ring (bicyclic) bond motifs is 2. The number of aromatic nitrogens is 7. The second-order valence-corrected chi connectivity index (χ2v) is 9.67. The van der Waals surface area contributed by atoms with E-state index < -0.39 is 0 Å². The summed E-state index contributed by atoms with van der Waals surface area (Å²) in [5.41, 5.74) is 8.02. The number of thiophene rings is 1. The third kappa shape index (κ3) is 3.57. The topological polar surface area (TPSA) is 108 Å². The fraction of sp³-hybridized carbons (Fsp3) is 0.115. The molecule has 0 atom stereocenters. The third-order valence-electron chi connectivity index (χ3n) is 6.26. The van der Waals surface area contributed by atoms with Gasteiger partial charge < -0.3 is 10.3 Å². The Balaban J connectivity index is 1.29. The number of hydrogen-bond donors (Lipinski definition) is 3. The van der Waals surface area contributed by atoms with Gasteiger partial charge >= 0.3 is 0 Å². The molecule has 3 N–H and O–H groups in total. The predicted octanol–water partition coefficient (Wildman–Crippen LogP) is 6.02. The van der Waals surface area contributed by atoms with E-state index in [9.17, 15) is 0 Å². The van der Waals surface area contributed by atoms with Crippen LogP contribution in [0.4, 0.5) is 5.69 Å². The number of pyridine rings is 3. The monoisotopic (exact) mass is 476 g/mol. The minimum absolute atomic E-state index is 0.570. The zero-order valence-electron chi connectivity index (χ0n) is 18.6. The van der Waals surface area contributed by atoms with Gasteiger partial charge in [-0.05, 0) is 42.3 Å². The fourth-order valence-electron chi connectivity index (χ4n) is 4.28. The van der Waals surface area contributed by atoms with Gasteiger partial charge in [0.25, 0.3) is 0 Å². The number of allylic oxidation sites excluding steroid dienone is 1. The van der Waals surface area contributed by atoms with Gasteiger partial charge in [-0.1, -0.05) is 12.6 Å². The van der Waals surface area contributed by atoms with Crippen molar-refractivity contribution in [3.8, 4) is 33.2 Å². The van der Waals surface area contributed by atoms with E-state index in [1.165, 1.54) is 12.8 Å². The minimum Gasteiger partial charge on any atom is -0.358 e. The molecule has 9 heteroatoms. The molecular weight excluding hydrogens is 456 g/mol. The van der Waals surface area contributed by atoms with Crippen LogP contribution in [0.5, 0.6) is 0 Å². The molecule has 6 heterocycles. The number of imidazole rings is 1. The second-order valence-electron chi connectivity index (χ2n) is 8.72. The van der Waals surface area contributed by atoms with Crippen molar-refractivity contribution < 1.29 is 0 Å². The first-order valence-corrected chi connectivity index (χ1v) is 12.2. The van der Waals surface area contributed by atoms with Gasteiger partial charge in [-0.25, -0.2) is 4.98 Å². The van der Waals surface area contributed by atoms with Crippen LogP contribution in [0.1, 0.15) is 12.8 Å². The summed E-state index contributed by atoms with van der Waals surface area (Å²) in [4.78, 5) is 22.9. The lowest BCUT2D eigenvalue weighted by Crippen LogP contribution is -2.00. The normalized spacial score (nSPS) is 13.5. The molecule has 0 unspecified atom stereocenters. The molecule has 8 nitrogen and oxygen atoms in total. The zero-order valence-corrected chi connectivity index (χ0v) is 19.4. The fourth-order valence-corrected chi connectivity index (χ4v) is 5.02. The van der Waals surface area contributed by atoms with Crippen molar-refractivity contribution in [2.75, 3.05) is 5.32 Å². The van der Waals surface area contributed by atoms with Crippen LogP contribution in [0, 0.1) is 5.92 Å². The van der Waals surface area contributed by atoms with E-state index in [0.29, 0.717) is 11.7 Å². The Labute approximate surface area is 204 Å². The van der Waals surface area contributed by atoms with Crippen LogP contribution >= 0.6 is 11.3 Å². The SMILES string of the molecule is C=C(Nc1cncc(-c2cc3c(-c4nc5c(-c6cccs6)cncc5[nH]4)n[nH]c3cn2)c1)C1CC1. The first-order chi connectivity index (χ1) is 17.2. The largest absolute Gasteiger partial charge is 0.358 e. The Morgan fingerprint density at radius 2 is 1.97 bits per heavy atom. The lowest BCUT2D eigenvalue weighted by Gasteiger charge is -2.09. The first-order valence-electron chi connectivity index (χ1n) is 11.4. The lowest BCUT2D eigenvalue weighted by molar-refractivity contribution is 1.02. The second kappa shape index (κ2) is 7.85. The Bertz CT molecular complexity index is 1710. The number of H-pyrrole nitrogens is 2. The molecule has 0 amide bonds. The number of nitrogens with one attached hydrogen (secondary N) is 3. The van der Waals surface area contributed by atoms with Gasteiger partial charge in [-0.3, -0.25) is 20.1 Å². The molecule has 0 radical (unpaired) electrons. The van der Waals surface area contributed by atoms with Crippen molar-refractivity contribution in [3.63, 3.8) is 0 Å². The average Bonchev–Trinajstić information content (AvgIpc) is 3.26. The number of nitrogens with zero attached hydrogens (tertiary/aromatic N) is 5. The van der Waals surface area contributed by atoms with Gasteiger partial charge in [-0.2, -0.15) is 5.10 Å². The summed E-state index contributed by atoms with van der Waals surface area (Å²) in [6, 6.07) is 8.18. The summed E-state index contributed by atoms with van der Waals surface area (Å²) in [7, 11) is 0. The van der Waals surface area contributed by atoms with Crippen molar-refractivity contribution in [3.05, 3.63) is 72.9 Å². The Morgan fingerprint density at radius 3 is 2.83 bits per heavy atom. The first kappa shape index (κ1) is 20.0. The number of anilines is 1. The van der Waals surface area contributed by atoms with Crippen LogP contribution in [0.2, 0.25) is 0 Å². The van der Waals surface area contributed by atoms with Crippen LogP contribution in [0.15, 0.2) is 72.9 Å². The molecule has 0 spiro atoms. The van der Waals surface area contributed by atoms with Gasteiger partial charge in [0, 0.05) is 39.5 Å². The van der Waals surface area contributed by atoms with Crippen molar-refractivity contribution >= 4 is 39.0 Å².